The number of hydrogen-bond donors (Lipinski definition) is 0. The van der Waals surface area contributed by atoms with Gasteiger partial charge in [0.2, 0.25) is 0 Å². The van der Waals surface area contributed by atoms with Crippen molar-refractivity contribution in [1.82, 2.24) is 0 Å². The lowest BCUT2D eigenvalue weighted by atomic mass is 9.83. The number of ether oxygens (including phenoxy) is 2. The van der Waals surface area contributed by atoms with Crippen LogP contribution in [0.5, 0.6) is 5.75 Å². The Labute approximate surface area is 220 Å². The van der Waals surface area contributed by atoms with Gasteiger partial charge < -0.3 is 14.0 Å². The Kier molecular flexibility index (Phi) is 7.75. The molecule has 3 aromatic rings. The highest BCUT2D eigenvalue weighted by molar-refractivity contribution is 9.11. The predicted molar refractivity (Wildman–Crippen MR) is 144 cm³/mol. The number of quaternary nitrogens is 1. The van der Waals surface area contributed by atoms with Gasteiger partial charge in [-0.05, 0) is 52.3 Å². The Balaban J connectivity index is 1.21. The fraction of sp³-hybridized carbons (Fsp3) is 0.393. The van der Waals surface area contributed by atoms with Crippen LogP contribution in [-0.4, -0.2) is 49.5 Å². The summed E-state index contributed by atoms with van der Waals surface area (Å²) in [5.74, 6) is 1.39. The first-order chi connectivity index (χ1) is 17.1. The van der Waals surface area contributed by atoms with E-state index in [1.807, 2.05) is 66.7 Å². The molecule has 1 atom stereocenters. The number of halogens is 1. The van der Waals surface area contributed by atoms with Gasteiger partial charge in [-0.15, -0.1) is 11.3 Å². The second-order valence-electron chi connectivity index (χ2n) is 9.60. The highest BCUT2D eigenvalue weighted by Gasteiger charge is 2.47. The molecule has 6 rings (SSSR count). The largest absolute Gasteiger partial charge is 0.493 e. The molecule has 3 saturated heterocycles. The lowest BCUT2D eigenvalue weighted by Gasteiger charge is -2.52. The van der Waals surface area contributed by atoms with Gasteiger partial charge in [0.15, 0.2) is 6.10 Å². The molecule has 0 saturated carbocycles. The molecular formula is C28H32BrN2O3S+. The Morgan fingerprint density at radius 2 is 1.71 bits per heavy atom. The summed E-state index contributed by atoms with van der Waals surface area (Å²) in [6, 6.07) is 23.9. The summed E-state index contributed by atoms with van der Waals surface area (Å²) < 4.78 is 14.3. The SMILES string of the molecule is O=C(O[C@H]1C[N+]2(CCCOc3ccccc3)CCC1CC2)N(Cc1ccc(Br)s1)c1ccccc1. The zero-order valence-electron chi connectivity index (χ0n) is 19.9. The fourth-order valence-corrected chi connectivity index (χ4v) is 6.90. The average Bonchev–Trinajstić information content (AvgIpc) is 3.31. The van der Waals surface area contributed by atoms with Crippen LogP contribution in [0.3, 0.4) is 0 Å². The number of carbonyl (C=O) groups is 1. The van der Waals surface area contributed by atoms with Gasteiger partial charge in [-0.3, -0.25) is 4.90 Å². The summed E-state index contributed by atoms with van der Waals surface area (Å²) in [6.07, 6.45) is 2.98. The Bertz CT molecular complexity index is 1100. The van der Waals surface area contributed by atoms with Crippen molar-refractivity contribution in [3.8, 4) is 5.75 Å². The topological polar surface area (TPSA) is 38.8 Å². The number of nitrogens with zero attached hydrogens (tertiary/aromatic N) is 2. The van der Waals surface area contributed by atoms with E-state index in [2.05, 4.69) is 22.0 Å². The van der Waals surface area contributed by atoms with Crippen LogP contribution in [0.1, 0.15) is 24.1 Å². The second kappa shape index (κ2) is 11.1. The number of thiophene rings is 1. The van der Waals surface area contributed by atoms with Crippen molar-refractivity contribution in [3.63, 3.8) is 0 Å². The number of anilines is 1. The molecule has 0 radical (unpaired) electrons. The number of benzene rings is 2. The predicted octanol–water partition coefficient (Wildman–Crippen LogP) is 6.73. The van der Waals surface area contributed by atoms with Crippen molar-refractivity contribution >= 4 is 39.0 Å². The summed E-state index contributed by atoms with van der Waals surface area (Å²) >= 11 is 5.18. The molecule has 0 aliphatic carbocycles. The zero-order valence-corrected chi connectivity index (χ0v) is 22.3. The molecule has 7 heteroatoms. The van der Waals surface area contributed by atoms with E-state index in [1.54, 1.807) is 16.2 Å². The summed E-state index contributed by atoms with van der Waals surface area (Å²) in [7, 11) is 0. The molecular weight excluding hydrogens is 524 g/mol. The van der Waals surface area contributed by atoms with Crippen LogP contribution in [0.2, 0.25) is 0 Å². The average molecular weight is 557 g/mol. The molecule has 3 fully saturated rings. The van der Waals surface area contributed by atoms with E-state index in [1.165, 1.54) is 13.1 Å². The third-order valence-corrected chi connectivity index (χ3v) is 8.92. The molecule has 184 valence electrons. The Hall–Kier alpha value is -2.35. The van der Waals surface area contributed by atoms with Crippen molar-refractivity contribution in [3.05, 3.63) is 81.5 Å². The maximum atomic E-state index is 13.5. The zero-order chi connectivity index (χ0) is 24.1. The maximum Gasteiger partial charge on any atom is 0.415 e. The monoisotopic (exact) mass is 555 g/mol. The highest BCUT2D eigenvalue weighted by atomic mass is 79.9. The first kappa shape index (κ1) is 24.3. The molecule has 3 aliphatic rings. The number of hydrogen-bond acceptors (Lipinski definition) is 4. The van der Waals surface area contributed by atoms with E-state index in [0.717, 1.165) is 63.5 Å². The molecule has 4 heterocycles. The minimum absolute atomic E-state index is 0.0266. The van der Waals surface area contributed by atoms with E-state index in [-0.39, 0.29) is 12.2 Å². The minimum Gasteiger partial charge on any atom is -0.493 e. The fourth-order valence-electron chi connectivity index (χ4n) is 5.43. The second-order valence-corrected chi connectivity index (χ2v) is 12.1. The molecule has 5 nitrogen and oxygen atoms in total. The van der Waals surface area contributed by atoms with Crippen LogP contribution in [-0.2, 0) is 11.3 Å². The molecule has 2 bridgehead atoms. The maximum absolute atomic E-state index is 13.5. The van der Waals surface area contributed by atoms with Gasteiger partial charge in [-0.25, -0.2) is 4.79 Å². The van der Waals surface area contributed by atoms with E-state index in [4.69, 9.17) is 9.47 Å². The normalized spacial score (nSPS) is 23.1. The summed E-state index contributed by atoms with van der Waals surface area (Å²) in [5.41, 5.74) is 0.866. The van der Waals surface area contributed by atoms with Crippen LogP contribution < -0.4 is 9.64 Å². The van der Waals surface area contributed by atoms with Crippen LogP contribution in [0.25, 0.3) is 0 Å². The first-order valence-corrected chi connectivity index (χ1v) is 14.0. The van der Waals surface area contributed by atoms with Gasteiger partial charge in [0.05, 0.1) is 36.6 Å². The summed E-state index contributed by atoms with van der Waals surface area (Å²) in [6.45, 7) is 5.56. The molecule has 3 aliphatic heterocycles. The number of piperidine rings is 3. The summed E-state index contributed by atoms with van der Waals surface area (Å²) in [4.78, 5) is 16.4. The smallest absolute Gasteiger partial charge is 0.415 e. The van der Waals surface area contributed by atoms with Gasteiger partial charge in [0.1, 0.15) is 12.3 Å². The van der Waals surface area contributed by atoms with Gasteiger partial charge >= 0.3 is 6.09 Å². The van der Waals surface area contributed by atoms with Crippen molar-refractivity contribution in [2.45, 2.75) is 31.9 Å². The van der Waals surface area contributed by atoms with Crippen LogP contribution in [0.4, 0.5) is 10.5 Å². The molecule has 0 unspecified atom stereocenters. The number of rotatable bonds is 9. The third-order valence-electron chi connectivity index (χ3n) is 7.31. The van der Waals surface area contributed by atoms with E-state index >= 15 is 0 Å². The first-order valence-electron chi connectivity index (χ1n) is 12.4. The molecule has 1 aromatic heterocycles. The van der Waals surface area contributed by atoms with Gasteiger partial charge in [0, 0.05) is 35.7 Å². The quantitative estimate of drug-likeness (QED) is 0.217. The molecule has 35 heavy (non-hydrogen) atoms. The third kappa shape index (κ3) is 6.08. The molecule has 2 aromatic carbocycles. The van der Waals surface area contributed by atoms with Crippen molar-refractivity contribution < 1.29 is 18.8 Å². The van der Waals surface area contributed by atoms with Crippen LogP contribution in [0.15, 0.2) is 76.6 Å². The summed E-state index contributed by atoms with van der Waals surface area (Å²) in [5, 5.41) is 0. The Morgan fingerprint density at radius 1 is 1.00 bits per heavy atom. The number of carbonyl (C=O) groups excluding carboxylic acids is 1. The Morgan fingerprint density at radius 3 is 2.40 bits per heavy atom. The lowest BCUT2D eigenvalue weighted by Crippen LogP contribution is -2.65. The van der Waals surface area contributed by atoms with Crippen molar-refractivity contribution in [2.24, 2.45) is 5.92 Å². The molecule has 0 N–H and O–H groups in total. The molecule has 0 spiro atoms. The van der Waals surface area contributed by atoms with Crippen molar-refractivity contribution in [1.29, 1.82) is 0 Å². The minimum atomic E-state index is -0.245. The lowest BCUT2D eigenvalue weighted by molar-refractivity contribution is -0.946. The van der Waals surface area contributed by atoms with Gasteiger partial charge in [-0.2, -0.15) is 0 Å². The van der Waals surface area contributed by atoms with E-state index in [0.29, 0.717) is 12.5 Å². The van der Waals surface area contributed by atoms with Crippen LogP contribution >= 0.6 is 27.3 Å². The van der Waals surface area contributed by atoms with Gasteiger partial charge in [-0.1, -0.05) is 36.4 Å². The van der Waals surface area contributed by atoms with Crippen molar-refractivity contribution in [2.75, 3.05) is 37.7 Å². The number of para-hydroxylation sites is 2. The number of amides is 1. The van der Waals surface area contributed by atoms with Gasteiger partial charge in [0.25, 0.3) is 0 Å². The van der Waals surface area contributed by atoms with E-state index < -0.39 is 0 Å². The highest BCUT2D eigenvalue weighted by Crippen LogP contribution is 2.36. The standard InChI is InChI=1S/C28H32BrN2O3S/c29-27-13-12-25(35-27)20-30(23-8-3-1-4-9-23)28(32)34-26-21-31(17-14-22(26)15-18-31)16-7-19-33-24-10-5-2-6-11-24/h1-6,8-13,22,26H,7,14-21H2/q+1/t22?,26-,31?/m0/s1. The molecule has 1 amide bonds. The van der Waals surface area contributed by atoms with Crippen LogP contribution in [0, 0.1) is 5.92 Å². The number of fused-ring (bicyclic) bond motifs is 3. The van der Waals surface area contributed by atoms with E-state index in [9.17, 15) is 4.79 Å².